The number of nitrogens with one attached hydrogen (secondary N) is 1. The number of fused-ring (bicyclic) bond motifs is 1. The third kappa shape index (κ3) is 5.29. The van der Waals surface area contributed by atoms with Crippen molar-refractivity contribution in [3.63, 3.8) is 0 Å². The molecule has 0 unspecified atom stereocenters. The molecule has 10 heteroatoms. The number of alkyl halides is 3. The van der Waals surface area contributed by atoms with E-state index < -0.39 is 33.6 Å². The number of hydrogen-bond donors (Lipinski definition) is 1. The van der Waals surface area contributed by atoms with Gasteiger partial charge in [-0.3, -0.25) is 4.79 Å². The summed E-state index contributed by atoms with van der Waals surface area (Å²) in [5.74, 6) is -1.81. The first-order valence-electron chi connectivity index (χ1n) is 8.33. The second kappa shape index (κ2) is 7.78. The molecule has 6 nitrogen and oxygen atoms in total. The molecule has 1 amide bonds. The number of para-hydroxylation sites is 2. The fourth-order valence-electron chi connectivity index (χ4n) is 2.82. The van der Waals surface area contributed by atoms with Crippen LogP contribution in [0.25, 0.3) is 11.0 Å². The molecule has 0 saturated carbocycles. The smallest absolute Gasteiger partial charge is 0.451 e. The molecule has 2 aromatic carbocycles. The summed E-state index contributed by atoms with van der Waals surface area (Å²) in [6, 6.07) is 11.9. The monoisotopic (exact) mass is 427 g/mol. The third-order valence-electron chi connectivity index (χ3n) is 3.95. The Kier molecular flexibility index (Phi) is 5.56. The van der Waals surface area contributed by atoms with Gasteiger partial charge in [-0.15, -0.1) is 13.2 Å². The number of sulfone groups is 1. The van der Waals surface area contributed by atoms with Crippen molar-refractivity contribution in [3.8, 4) is 5.75 Å². The maximum atomic E-state index is 12.6. The Balaban J connectivity index is 1.87. The first-order chi connectivity index (χ1) is 13.5. The summed E-state index contributed by atoms with van der Waals surface area (Å²) in [7, 11) is -3.47. The average molecular weight is 427 g/mol. The van der Waals surface area contributed by atoms with E-state index in [1.54, 1.807) is 24.3 Å². The van der Waals surface area contributed by atoms with Crippen LogP contribution in [0.5, 0.6) is 5.75 Å². The van der Waals surface area contributed by atoms with Crippen LogP contribution in [0, 0.1) is 0 Å². The Morgan fingerprint density at radius 1 is 1.10 bits per heavy atom. The number of rotatable bonds is 6. The molecular formula is C19H16F3NO5S. The highest BCUT2D eigenvalue weighted by atomic mass is 32.2. The summed E-state index contributed by atoms with van der Waals surface area (Å²) in [6.07, 6.45) is -3.84. The van der Waals surface area contributed by atoms with Crippen molar-refractivity contribution in [3.05, 3.63) is 65.4 Å². The molecule has 3 rings (SSSR count). The molecule has 0 fully saturated rings. The molecule has 1 N–H and O–H groups in total. The van der Waals surface area contributed by atoms with Gasteiger partial charge in [0.2, 0.25) is 0 Å². The van der Waals surface area contributed by atoms with Crippen LogP contribution in [-0.4, -0.2) is 26.9 Å². The molecule has 154 valence electrons. The Bertz CT molecular complexity index is 1150. The van der Waals surface area contributed by atoms with E-state index in [-0.39, 0.29) is 23.4 Å². The predicted octanol–water partition coefficient (Wildman–Crippen LogP) is 3.81. The lowest BCUT2D eigenvalue weighted by Crippen LogP contribution is -2.25. The van der Waals surface area contributed by atoms with Crippen molar-refractivity contribution < 1.29 is 35.5 Å². The second-order valence-electron chi connectivity index (χ2n) is 6.31. The molecule has 0 atom stereocenters. The number of ether oxygens (including phenoxy) is 1. The van der Waals surface area contributed by atoms with Crippen molar-refractivity contribution in [2.45, 2.75) is 18.7 Å². The van der Waals surface area contributed by atoms with Gasteiger partial charge in [0.25, 0.3) is 5.91 Å². The molecule has 0 bridgehead atoms. The van der Waals surface area contributed by atoms with Crippen LogP contribution in [0.3, 0.4) is 0 Å². The Morgan fingerprint density at radius 2 is 1.76 bits per heavy atom. The standard InChI is InChI=1S/C19H16F3NO5S/c1-29(25,26)11-14-13-7-3-5-9-16(13)27-17(14)18(24)23-10-12-6-2-4-8-15(12)28-19(20,21)22/h2-9H,10-11H2,1H3,(H,23,24). The molecule has 0 aliphatic carbocycles. The minimum atomic E-state index is -4.87. The maximum Gasteiger partial charge on any atom is 0.573 e. The van der Waals surface area contributed by atoms with Gasteiger partial charge in [0.1, 0.15) is 11.3 Å². The van der Waals surface area contributed by atoms with Crippen molar-refractivity contribution in [2.24, 2.45) is 0 Å². The molecule has 0 radical (unpaired) electrons. The summed E-state index contributed by atoms with van der Waals surface area (Å²) < 4.78 is 70.6. The van der Waals surface area contributed by atoms with E-state index in [4.69, 9.17) is 4.42 Å². The van der Waals surface area contributed by atoms with E-state index in [0.29, 0.717) is 11.0 Å². The predicted molar refractivity (Wildman–Crippen MR) is 99.1 cm³/mol. The number of amides is 1. The number of benzene rings is 2. The zero-order chi connectivity index (χ0) is 21.2. The summed E-state index contributed by atoms with van der Waals surface area (Å²) in [5.41, 5.74) is 0.622. The molecule has 29 heavy (non-hydrogen) atoms. The molecule has 0 aliphatic rings. The molecule has 0 spiro atoms. The van der Waals surface area contributed by atoms with Crippen molar-refractivity contribution >= 4 is 26.7 Å². The molecule has 1 heterocycles. The Labute approximate surface area is 164 Å². The third-order valence-corrected chi connectivity index (χ3v) is 4.76. The summed E-state index contributed by atoms with van der Waals surface area (Å²) >= 11 is 0. The first-order valence-corrected chi connectivity index (χ1v) is 10.4. The van der Waals surface area contributed by atoms with Crippen molar-refractivity contribution in [1.29, 1.82) is 0 Å². The topological polar surface area (TPSA) is 85.6 Å². The SMILES string of the molecule is CS(=O)(=O)Cc1c(C(=O)NCc2ccccc2OC(F)(F)F)oc2ccccc12. The Hall–Kier alpha value is -3.01. The van der Waals surface area contributed by atoms with Crippen LogP contribution in [0.4, 0.5) is 13.2 Å². The summed E-state index contributed by atoms with van der Waals surface area (Å²) in [4.78, 5) is 12.6. The second-order valence-corrected chi connectivity index (χ2v) is 8.45. The van der Waals surface area contributed by atoms with Gasteiger partial charge in [-0.25, -0.2) is 8.42 Å². The number of halogens is 3. The Morgan fingerprint density at radius 3 is 2.45 bits per heavy atom. The van der Waals surface area contributed by atoms with Gasteiger partial charge in [-0.05, 0) is 12.1 Å². The van der Waals surface area contributed by atoms with Crippen molar-refractivity contribution in [1.82, 2.24) is 5.32 Å². The highest BCUT2D eigenvalue weighted by molar-refractivity contribution is 7.89. The van der Waals surface area contributed by atoms with Gasteiger partial charge >= 0.3 is 6.36 Å². The van der Waals surface area contributed by atoms with Gasteiger partial charge in [0.15, 0.2) is 15.6 Å². The van der Waals surface area contributed by atoms with Crippen LogP contribution in [0.2, 0.25) is 0 Å². The van der Waals surface area contributed by atoms with Gasteiger partial charge < -0.3 is 14.5 Å². The van der Waals surface area contributed by atoms with E-state index in [1.807, 2.05) is 0 Å². The van der Waals surface area contributed by atoms with Crippen LogP contribution in [-0.2, 0) is 22.1 Å². The van der Waals surface area contributed by atoms with E-state index in [1.165, 1.54) is 18.2 Å². The number of carbonyl (C=O) groups excluding carboxylic acids is 1. The largest absolute Gasteiger partial charge is 0.573 e. The van der Waals surface area contributed by atoms with E-state index in [9.17, 15) is 26.4 Å². The highest BCUT2D eigenvalue weighted by Gasteiger charge is 2.32. The fraction of sp³-hybridized carbons (Fsp3) is 0.211. The number of hydrogen-bond acceptors (Lipinski definition) is 5. The van der Waals surface area contributed by atoms with Gasteiger partial charge in [-0.1, -0.05) is 36.4 Å². The van der Waals surface area contributed by atoms with Gasteiger partial charge in [-0.2, -0.15) is 0 Å². The van der Waals surface area contributed by atoms with Crippen LogP contribution in [0.1, 0.15) is 21.7 Å². The summed E-state index contributed by atoms with van der Waals surface area (Å²) in [6.45, 7) is -0.277. The lowest BCUT2D eigenvalue weighted by molar-refractivity contribution is -0.274. The van der Waals surface area contributed by atoms with Crippen molar-refractivity contribution in [2.75, 3.05) is 6.26 Å². The minimum absolute atomic E-state index is 0.0962. The quantitative estimate of drug-likeness (QED) is 0.647. The van der Waals surface area contributed by atoms with Crippen LogP contribution >= 0.6 is 0 Å². The molecule has 0 aliphatic heterocycles. The minimum Gasteiger partial charge on any atom is -0.451 e. The highest BCUT2D eigenvalue weighted by Crippen LogP contribution is 2.29. The van der Waals surface area contributed by atoms with Gasteiger partial charge in [0.05, 0.1) is 5.75 Å². The normalized spacial score (nSPS) is 12.1. The molecular weight excluding hydrogens is 411 g/mol. The number of furan rings is 1. The fourth-order valence-corrected chi connectivity index (χ4v) is 3.63. The lowest BCUT2D eigenvalue weighted by atomic mass is 10.1. The van der Waals surface area contributed by atoms with Crippen LogP contribution in [0.15, 0.2) is 52.9 Å². The average Bonchev–Trinajstić information content (AvgIpc) is 2.96. The number of carbonyl (C=O) groups is 1. The lowest BCUT2D eigenvalue weighted by Gasteiger charge is -2.13. The molecule has 0 saturated heterocycles. The van der Waals surface area contributed by atoms with Crippen LogP contribution < -0.4 is 10.1 Å². The van der Waals surface area contributed by atoms with E-state index in [2.05, 4.69) is 10.1 Å². The molecule has 1 aromatic heterocycles. The van der Waals surface area contributed by atoms with E-state index in [0.717, 1.165) is 12.3 Å². The summed E-state index contributed by atoms with van der Waals surface area (Å²) in [5, 5.41) is 2.93. The zero-order valence-corrected chi connectivity index (χ0v) is 15.9. The maximum absolute atomic E-state index is 12.6. The zero-order valence-electron chi connectivity index (χ0n) is 15.1. The molecule has 3 aromatic rings. The first kappa shape index (κ1) is 20.7. The van der Waals surface area contributed by atoms with Gasteiger partial charge in [0, 0.05) is 29.3 Å². The van der Waals surface area contributed by atoms with E-state index >= 15 is 0 Å².